The molecule has 0 bridgehead atoms. The minimum atomic E-state index is -0.403. The van der Waals surface area contributed by atoms with E-state index in [4.69, 9.17) is 0 Å². The fourth-order valence-electron chi connectivity index (χ4n) is 3.52. The Kier molecular flexibility index (Phi) is 5.04. The summed E-state index contributed by atoms with van der Waals surface area (Å²) in [6, 6.07) is 10.4. The molecule has 0 saturated carbocycles. The standard InChI is InChI=1S/C18H26N4O2/c1-13(15-6-4-3-5-7-15)21-10-8-16(12-21)20-18(24)22-11-9-19-17(23)14(22)2/h3-7,13-14,16H,8-12H2,1-2H3,(H,19,23)(H,20,24)/t13-,14-,16+/m1/s1. The Morgan fingerprint density at radius 1 is 1.29 bits per heavy atom. The minimum absolute atomic E-state index is 0.0813. The zero-order chi connectivity index (χ0) is 17.1. The summed E-state index contributed by atoms with van der Waals surface area (Å²) in [6.45, 7) is 6.88. The summed E-state index contributed by atoms with van der Waals surface area (Å²) in [4.78, 5) is 28.2. The van der Waals surface area contributed by atoms with Crippen LogP contribution in [0.2, 0.25) is 0 Å². The van der Waals surface area contributed by atoms with Gasteiger partial charge < -0.3 is 15.5 Å². The lowest BCUT2D eigenvalue weighted by Crippen LogP contribution is -2.59. The average molecular weight is 330 g/mol. The molecule has 6 nitrogen and oxygen atoms in total. The van der Waals surface area contributed by atoms with E-state index in [9.17, 15) is 9.59 Å². The Hall–Kier alpha value is -2.08. The van der Waals surface area contributed by atoms with Crippen LogP contribution in [-0.2, 0) is 4.79 Å². The van der Waals surface area contributed by atoms with Crippen molar-refractivity contribution < 1.29 is 9.59 Å². The summed E-state index contributed by atoms with van der Waals surface area (Å²) in [7, 11) is 0. The van der Waals surface area contributed by atoms with Gasteiger partial charge in [-0.05, 0) is 25.8 Å². The molecule has 0 aliphatic carbocycles. The van der Waals surface area contributed by atoms with E-state index < -0.39 is 6.04 Å². The second kappa shape index (κ2) is 7.21. The summed E-state index contributed by atoms with van der Waals surface area (Å²) in [5, 5.41) is 5.88. The van der Waals surface area contributed by atoms with E-state index in [0.717, 1.165) is 19.5 Å². The fraction of sp³-hybridized carbons (Fsp3) is 0.556. The maximum absolute atomic E-state index is 12.5. The smallest absolute Gasteiger partial charge is 0.318 e. The van der Waals surface area contributed by atoms with Crippen LogP contribution in [0.5, 0.6) is 0 Å². The van der Waals surface area contributed by atoms with Gasteiger partial charge in [0.1, 0.15) is 6.04 Å². The highest BCUT2D eigenvalue weighted by atomic mass is 16.2. The summed E-state index contributed by atoms with van der Waals surface area (Å²) < 4.78 is 0. The third-order valence-corrected chi connectivity index (χ3v) is 5.14. The third-order valence-electron chi connectivity index (χ3n) is 5.14. The maximum atomic E-state index is 12.5. The second-order valence-corrected chi connectivity index (χ2v) is 6.68. The van der Waals surface area contributed by atoms with Crippen molar-refractivity contribution in [1.82, 2.24) is 20.4 Å². The van der Waals surface area contributed by atoms with Crippen molar-refractivity contribution in [3.8, 4) is 0 Å². The number of nitrogens with one attached hydrogen (secondary N) is 2. The Balaban J connectivity index is 1.54. The molecule has 1 aromatic carbocycles. The average Bonchev–Trinajstić information content (AvgIpc) is 3.05. The lowest BCUT2D eigenvalue weighted by atomic mass is 10.1. The molecule has 0 radical (unpaired) electrons. The van der Waals surface area contributed by atoms with Crippen LogP contribution in [0.4, 0.5) is 4.79 Å². The minimum Gasteiger partial charge on any atom is -0.353 e. The van der Waals surface area contributed by atoms with Crippen molar-refractivity contribution >= 4 is 11.9 Å². The molecule has 1 aromatic rings. The number of carbonyl (C=O) groups excluding carboxylic acids is 2. The number of rotatable bonds is 3. The first-order valence-corrected chi connectivity index (χ1v) is 8.70. The van der Waals surface area contributed by atoms with E-state index in [1.807, 2.05) is 6.07 Å². The first-order valence-electron chi connectivity index (χ1n) is 8.70. The topological polar surface area (TPSA) is 64.7 Å². The van der Waals surface area contributed by atoms with Gasteiger partial charge in [-0.2, -0.15) is 0 Å². The Morgan fingerprint density at radius 2 is 2.04 bits per heavy atom. The van der Waals surface area contributed by atoms with Crippen LogP contribution >= 0.6 is 0 Å². The largest absolute Gasteiger partial charge is 0.353 e. The number of urea groups is 1. The van der Waals surface area contributed by atoms with E-state index in [1.165, 1.54) is 5.56 Å². The number of hydrogen-bond donors (Lipinski definition) is 2. The number of benzene rings is 1. The summed E-state index contributed by atoms with van der Waals surface area (Å²) in [5.74, 6) is -0.0813. The lowest BCUT2D eigenvalue weighted by molar-refractivity contribution is -0.126. The number of likely N-dealkylation sites (tertiary alicyclic amines) is 1. The van der Waals surface area contributed by atoms with Crippen molar-refractivity contribution in [3.63, 3.8) is 0 Å². The predicted octanol–water partition coefficient (Wildman–Crippen LogP) is 1.35. The fourth-order valence-corrected chi connectivity index (χ4v) is 3.52. The van der Waals surface area contributed by atoms with Gasteiger partial charge in [-0.3, -0.25) is 9.69 Å². The highest BCUT2D eigenvalue weighted by molar-refractivity contribution is 5.87. The van der Waals surface area contributed by atoms with E-state index in [2.05, 4.69) is 46.7 Å². The van der Waals surface area contributed by atoms with Crippen molar-refractivity contribution in [2.45, 2.75) is 38.4 Å². The lowest BCUT2D eigenvalue weighted by Gasteiger charge is -2.33. The molecule has 2 aliphatic heterocycles. The molecular weight excluding hydrogens is 304 g/mol. The monoisotopic (exact) mass is 330 g/mol. The van der Waals surface area contributed by atoms with Gasteiger partial charge in [0.05, 0.1) is 0 Å². The molecule has 0 unspecified atom stereocenters. The predicted molar refractivity (Wildman–Crippen MR) is 92.5 cm³/mol. The zero-order valence-electron chi connectivity index (χ0n) is 14.4. The Morgan fingerprint density at radius 3 is 2.79 bits per heavy atom. The van der Waals surface area contributed by atoms with Gasteiger partial charge in [0.15, 0.2) is 0 Å². The molecule has 0 aromatic heterocycles. The van der Waals surface area contributed by atoms with Gasteiger partial charge in [-0.1, -0.05) is 30.3 Å². The molecule has 24 heavy (non-hydrogen) atoms. The first kappa shape index (κ1) is 16.8. The van der Waals surface area contributed by atoms with Crippen molar-refractivity contribution in [2.75, 3.05) is 26.2 Å². The number of amides is 3. The van der Waals surface area contributed by atoms with Crippen molar-refractivity contribution in [1.29, 1.82) is 0 Å². The molecule has 3 atom stereocenters. The number of nitrogens with zero attached hydrogens (tertiary/aromatic N) is 2. The molecule has 3 rings (SSSR count). The highest BCUT2D eigenvalue weighted by Crippen LogP contribution is 2.24. The van der Waals surface area contributed by atoms with Crippen LogP contribution in [-0.4, -0.2) is 60.0 Å². The van der Waals surface area contributed by atoms with Gasteiger partial charge >= 0.3 is 6.03 Å². The molecule has 2 saturated heterocycles. The number of hydrogen-bond acceptors (Lipinski definition) is 3. The van der Waals surface area contributed by atoms with Gasteiger partial charge in [-0.25, -0.2) is 4.79 Å². The quantitative estimate of drug-likeness (QED) is 0.879. The molecule has 6 heteroatoms. The van der Waals surface area contributed by atoms with Crippen LogP contribution in [0.15, 0.2) is 30.3 Å². The van der Waals surface area contributed by atoms with Gasteiger partial charge in [0, 0.05) is 38.3 Å². The summed E-state index contributed by atoms with van der Waals surface area (Å²) in [6.07, 6.45) is 0.942. The van der Waals surface area contributed by atoms with E-state index in [-0.39, 0.29) is 18.0 Å². The maximum Gasteiger partial charge on any atom is 0.318 e. The SMILES string of the molecule is C[C@H](c1ccccc1)N1CC[C@H](NC(=O)N2CCNC(=O)[C@H]2C)C1. The molecule has 2 heterocycles. The summed E-state index contributed by atoms with van der Waals surface area (Å²) >= 11 is 0. The molecule has 2 N–H and O–H groups in total. The van der Waals surface area contributed by atoms with Crippen molar-refractivity contribution in [2.24, 2.45) is 0 Å². The van der Waals surface area contributed by atoms with Gasteiger partial charge in [0.25, 0.3) is 0 Å². The third kappa shape index (κ3) is 3.53. The molecular formula is C18H26N4O2. The van der Waals surface area contributed by atoms with Crippen LogP contribution < -0.4 is 10.6 Å². The van der Waals surface area contributed by atoms with Crippen LogP contribution in [0.3, 0.4) is 0 Å². The second-order valence-electron chi connectivity index (χ2n) is 6.68. The highest BCUT2D eigenvalue weighted by Gasteiger charge is 2.33. The molecule has 0 spiro atoms. The van der Waals surface area contributed by atoms with E-state index in [0.29, 0.717) is 19.1 Å². The molecule has 3 amide bonds. The normalized spacial score (nSPS) is 26.1. The molecule has 2 fully saturated rings. The number of carbonyl (C=O) groups is 2. The van der Waals surface area contributed by atoms with Gasteiger partial charge in [0.2, 0.25) is 5.91 Å². The van der Waals surface area contributed by atoms with Crippen LogP contribution in [0, 0.1) is 0 Å². The van der Waals surface area contributed by atoms with Crippen LogP contribution in [0.1, 0.15) is 31.9 Å². The van der Waals surface area contributed by atoms with Crippen molar-refractivity contribution in [3.05, 3.63) is 35.9 Å². The molecule has 2 aliphatic rings. The Bertz CT molecular complexity index is 592. The van der Waals surface area contributed by atoms with Crippen LogP contribution in [0.25, 0.3) is 0 Å². The Labute approximate surface area is 143 Å². The molecule has 130 valence electrons. The van der Waals surface area contributed by atoms with Gasteiger partial charge in [-0.15, -0.1) is 0 Å². The zero-order valence-corrected chi connectivity index (χ0v) is 14.4. The first-order chi connectivity index (χ1) is 11.6. The summed E-state index contributed by atoms with van der Waals surface area (Å²) in [5.41, 5.74) is 1.30. The number of piperazine rings is 1. The van der Waals surface area contributed by atoms with E-state index >= 15 is 0 Å². The van der Waals surface area contributed by atoms with E-state index in [1.54, 1.807) is 11.8 Å².